The molecule has 0 fully saturated rings. The number of carboxylic acid groups (broad SMARTS) is 1. The van der Waals surface area contributed by atoms with Gasteiger partial charge in [-0.15, -0.1) is 0 Å². The van der Waals surface area contributed by atoms with Crippen molar-refractivity contribution in [2.75, 3.05) is 33.4 Å². The number of urea groups is 1. The lowest BCUT2D eigenvalue weighted by Gasteiger charge is -2.21. The summed E-state index contributed by atoms with van der Waals surface area (Å²) >= 11 is 0. The van der Waals surface area contributed by atoms with Crippen molar-refractivity contribution >= 4 is 12.0 Å². The Morgan fingerprint density at radius 3 is 2.71 bits per heavy atom. The van der Waals surface area contributed by atoms with Gasteiger partial charge in [0, 0.05) is 26.7 Å². The Kier molecular flexibility index (Phi) is 8.42. The monoisotopic (exact) mass is 243 g/mol. The van der Waals surface area contributed by atoms with Crippen molar-refractivity contribution in [1.82, 2.24) is 10.2 Å². The van der Waals surface area contributed by atoms with Crippen molar-refractivity contribution in [3.05, 3.63) is 0 Å². The Hall–Kier alpha value is -1.81. The van der Waals surface area contributed by atoms with Crippen LogP contribution in [0.1, 0.15) is 12.8 Å². The molecule has 0 aromatic heterocycles. The highest BCUT2D eigenvalue weighted by molar-refractivity contribution is 5.75. The molecule has 0 saturated carbocycles. The minimum atomic E-state index is -0.967. The van der Waals surface area contributed by atoms with Gasteiger partial charge in [0.1, 0.15) is 0 Å². The van der Waals surface area contributed by atoms with Crippen LogP contribution in [0.2, 0.25) is 0 Å². The van der Waals surface area contributed by atoms with Gasteiger partial charge in [-0.25, -0.2) is 4.79 Å². The number of nitriles is 1. The second-order valence-corrected chi connectivity index (χ2v) is 3.26. The van der Waals surface area contributed by atoms with Crippen molar-refractivity contribution in [2.45, 2.75) is 12.8 Å². The average Bonchev–Trinajstić information content (AvgIpc) is 2.28. The predicted molar refractivity (Wildman–Crippen MR) is 59.3 cm³/mol. The van der Waals surface area contributed by atoms with Crippen LogP contribution >= 0.6 is 0 Å². The third-order valence-corrected chi connectivity index (χ3v) is 1.96. The summed E-state index contributed by atoms with van der Waals surface area (Å²) in [7, 11) is 1.52. The van der Waals surface area contributed by atoms with Crippen molar-refractivity contribution in [2.24, 2.45) is 0 Å². The molecule has 0 radical (unpaired) electrons. The van der Waals surface area contributed by atoms with Crippen LogP contribution in [-0.2, 0) is 9.53 Å². The molecule has 7 heteroatoms. The first-order valence-electron chi connectivity index (χ1n) is 5.22. The minimum Gasteiger partial charge on any atom is -0.481 e. The van der Waals surface area contributed by atoms with E-state index in [1.54, 1.807) is 0 Å². The standard InChI is InChI=1S/C10H17N3O4/c1-17-8-7-13(6-2-4-11)10(16)12-5-3-9(14)15/h2-3,5-8H2,1H3,(H,12,16)(H,14,15). The van der Waals surface area contributed by atoms with Gasteiger partial charge in [-0.05, 0) is 0 Å². The summed E-state index contributed by atoms with van der Waals surface area (Å²) in [6.07, 6.45) is 0.109. The summed E-state index contributed by atoms with van der Waals surface area (Å²) in [4.78, 5) is 23.3. The fraction of sp³-hybridized carbons (Fsp3) is 0.700. The van der Waals surface area contributed by atoms with Crippen LogP contribution in [0.25, 0.3) is 0 Å². The molecule has 0 unspecified atom stereocenters. The first-order chi connectivity index (χ1) is 8.11. The molecule has 0 bridgehead atoms. The maximum absolute atomic E-state index is 11.6. The molecule has 0 aromatic rings. The molecule has 0 rings (SSSR count). The lowest BCUT2D eigenvalue weighted by molar-refractivity contribution is -0.136. The average molecular weight is 243 g/mol. The Morgan fingerprint density at radius 2 is 2.18 bits per heavy atom. The maximum Gasteiger partial charge on any atom is 0.317 e. The molecule has 96 valence electrons. The second-order valence-electron chi connectivity index (χ2n) is 3.26. The Morgan fingerprint density at radius 1 is 1.47 bits per heavy atom. The number of rotatable bonds is 8. The summed E-state index contributed by atoms with van der Waals surface area (Å²) < 4.78 is 4.85. The predicted octanol–water partition coefficient (Wildman–Crippen LogP) is 0.0328. The maximum atomic E-state index is 11.6. The lowest BCUT2D eigenvalue weighted by Crippen LogP contribution is -2.42. The van der Waals surface area contributed by atoms with E-state index in [1.165, 1.54) is 12.0 Å². The van der Waals surface area contributed by atoms with Gasteiger partial charge in [0.25, 0.3) is 0 Å². The van der Waals surface area contributed by atoms with Crippen LogP contribution in [0, 0.1) is 11.3 Å². The normalized spacial score (nSPS) is 9.41. The molecule has 0 aliphatic rings. The Bertz CT molecular complexity index is 288. The summed E-state index contributed by atoms with van der Waals surface area (Å²) in [6.45, 7) is 1.12. The molecule has 17 heavy (non-hydrogen) atoms. The van der Waals surface area contributed by atoms with E-state index < -0.39 is 5.97 Å². The van der Waals surface area contributed by atoms with E-state index in [-0.39, 0.29) is 25.4 Å². The van der Waals surface area contributed by atoms with E-state index in [2.05, 4.69) is 5.32 Å². The summed E-state index contributed by atoms with van der Waals surface area (Å²) in [5, 5.41) is 19.3. The fourth-order valence-electron chi connectivity index (χ4n) is 1.09. The highest BCUT2D eigenvalue weighted by Gasteiger charge is 2.12. The van der Waals surface area contributed by atoms with Crippen LogP contribution in [0.15, 0.2) is 0 Å². The first-order valence-corrected chi connectivity index (χ1v) is 5.22. The molecule has 0 heterocycles. The van der Waals surface area contributed by atoms with Gasteiger partial charge in [0.05, 0.1) is 25.5 Å². The van der Waals surface area contributed by atoms with Crippen LogP contribution in [-0.4, -0.2) is 55.4 Å². The molecule has 2 N–H and O–H groups in total. The number of ether oxygens (including phenoxy) is 1. The van der Waals surface area contributed by atoms with Gasteiger partial charge in [-0.1, -0.05) is 0 Å². The molecular formula is C10H17N3O4. The van der Waals surface area contributed by atoms with E-state index in [0.717, 1.165) is 0 Å². The molecule has 2 amide bonds. The van der Waals surface area contributed by atoms with Crippen molar-refractivity contribution in [3.63, 3.8) is 0 Å². The molecule has 0 aliphatic heterocycles. The number of methoxy groups -OCH3 is 1. The SMILES string of the molecule is COCCN(CCC#N)C(=O)NCCC(=O)O. The van der Waals surface area contributed by atoms with Crippen LogP contribution in [0.3, 0.4) is 0 Å². The third-order valence-electron chi connectivity index (χ3n) is 1.96. The Labute approximate surface area is 100.0 Å². The number of nitrogens with one attached hydrogen (secondary N) is 1. The van der Waals surface area contributed by atoms with Gasteiger partial charge in [-0.2, -0.15) is 5.26 Å². The molecule has 0 aromatic carbocycles. The largest absolute Gasteiger partial charge is 0.481 e. The van der Waals surface area contributed by atoms with Crippen molar-refractivity contribution < 1.29 is 19.4 Å². The van der Waals surface area contributed by atoms with Crippen LogP contribution < -0.4 is 5.32 Å². The molecule has 0 atom stereocenters. The zero-order valence-corrected chi connectivity index (χ0v) is 9.81. The number of aliphatic carboxylic acids is 1. The number of hydrogen-bond donors (Lipinski definition) is 2. The zero-order chi connectivity index (χ0) is 13.1. The van der Waals surface area contributed by atoms with E-state index in [1.807, 2.05) is 6.07 Å². The highest BCUT2D eigenvalue weighted by Crippen LogP contribution is 1.93. The van der Waals surface area contributed by atoms with E-state index in [0.29, 0.717) is 19.7 Å². The summed E-state index contributed by atoms with van der Waals surface area (Å²) in [6, 6.07) is 1.57. The molecule has 0 spiro atoms. The number of nitrogens with zero attached hydrogens (tertiary/aromatic N) is 2. The molecule has 0 aliphatic carbocycles. The van der Waals surface area contributed by atoms with Gasteiger partial charge >= 0.3 is 12.0 Å². The van der Waals surface area contributed by atoms with Gasteiger partial charge in [0.2, 0.25) is 0 Å². The quantitative estimate of drug-likeness (QED) is 0.626. The zero-order valence-electron chi connectivity index (χ0n) is 9.81. The van der Waals surface area contributed by atoms with Crippen LogP contribution in [0.4, 0.5) is 4.79 Å². The number of carboxylic acids is 1. The summed E-state index contributed by atoms with van der Waals surface area (Å²) in [5.41, 5.74) is 0. The van der Waals surface area contributed by atoms with Gasteiger partial charge in [0.15, 0.2) is 0 Å². The van der Waals surface area contributed by atoms with Gasteiger partial charge in [-0.3, -0.25) is 4.79 Å². The van der Waals surface area contributed by atoms with Crippen LogP contribution in [0.5, 0.6) is 0 Å². The second kappa shape index (κ2) is 9.42. The summed E-state index contributed by atoms with van der Waals surface area (Å²) in [5.74, 6) is -0.967. The third kappa shape index (κ3) is 8.04. The van der Waals surface area contributed by atoms with Crippen molar-refractivity contribution in [1.29, 1.82) is 5.26 Å². The fourth-order valence-corrected chi connectivity index (χ4v) is 1.09. The smallest absolute Gasteiger partial charge is 0.317 e. The topological polar surface area (TPSA) is 103 Å². The van der Waals surface area contributed by atoms with E-state index >= 15 is 0 Å². The van der Waals surface area contributed by atoms with E-state index in [4.69, 9.17) is 15.1 Å². The first kappa shape index (κ1) is 15.2. The van der Waals surface area contributed by atoms with Crippen molar-refractivity contribution in [3.8, 4) is 6.07 Å². The highest BCUT2D eigenvalue weighted by atomic mass is 16.5. The number of hydrogen-bond acceptors (Lipinski definition) is 4. The molecule has 0 saturated heterocycles. The number of amides is 2. The molecule has 7 nitrogen and oxygen atoms in total. The minimum absolute atomic E-state index is 0.0736. The lowest BCUT2D eigenvalue weighted by atomic mass is 10.4. The van der Waals surface area contributed by atoms with Gasteiger partial charge < -0.3 is 20.1 Å². The number of carbonyl (C=O) groups excluding carboxylic acids is 1. The molecular weight excluding hydrogens is 226 g/mol. The van der Waals surface area contributed by atoms with E-state index in [9.17, 15) is 9.59 Å². The number of carbonyl (C=O) groups is 2. The Balaban J connectivity index is 4.03.